The van der Waals surface area contributed by atoms with Crippen molar-refractivity contribution in [2.45, 2.75) is 19.9 Å². The maximum atomic E-state index is 13.3. The van der Waals surface area contributed by atoms with Crippen molar-refractivity contribution in [2.24, 2.45) is 0 Å². The number of hydrogen-bond donors (Lipinski definition) is 1. The van der Waals surface area contributed by atoms with E-state index in [-0.39, 0.29) is 5.91 Å². The fraction of sp³-hybridized carbons (Fsp3) is 0.143. The zero-order chi connectivity index (χ0) is 20.9. The van der Waals surface area contributed by atoms with E-state index in [0.29, 0.717) is 28.6 Å². The van der Waals surface area contributed by atoms with Gasteiger partial charge in [-0.15, -0.1) is 11.3 Å². The maximum absolute atomic E-state index is 13.3. The standard InChI is InChI=1S/C21H18FN5O2S/c1-2-17-11-15(26-29-17)5-6-16-13-30-21(24-16)25-20(28)18-4-3-9-27(18)12-14-7-8-23-19(22)10-14/h3-11,13H,2,12H2,1H3,(H,24,25,28)/b6-5+. The monoisotopic (exact) mass is 423 g/mol. The highest BCUT2D eigenvalue weighted by atomic mass is 32.1. The molecule has 4 heterocycles. The third-order valence-electron chi connectivity index (χ3n) is 4.30. The van der Waals surface area contributed by atoms with Gasteiger partial charge in [0.25, 0.3) is 5.91 Å². The third kappa shape index (κ3) is 4.69. The van der Waals surface area contributed by atoms with Gasteiger partial charge < -0.3 is 9.09 Å². The summed E-state index contributed by atoms with van der Waals surface area (Å²) in [7, 11) is 0. The summed E-state index contributed by atoms with van der Waals surface area (Å²) in [5.74, 6) is -0.0209. The Labute approximate surface area is 175 Å². The van der Waals surface area contributed by atoms with E-state index in [0.717, 1.165) is 17.9 Å². The van der Waals surface area contributed by atoms with Crippen LogP contribution >= 0.6 is 11.3 Å². The molecule has 4 rings (SSSR count). The number of nitrogens with zero attached hydrogens (tertiary/aromatic N) is 4. The fourth-order valence-electron chi connectivity index (χ4n) is 2.82. The second-order valence-electron chi connectivity index (χ2n) is 6.44. The smallest absolute Gasteiger partial charge is 0.274 e. The van der Waals surface area contributed by atoms with Crippen LogP contribution in [0.25, 0.3) is 12.2 Å². The normalized spacial score (nSPS) is 11.3. The molecule has 30 heavy (non-hydrogen) atoms. The number of carbonyl (C=O) groups excluding carboxylic acids is 1. The lowest BCUT2D eigenvalue weighted by molar-refractivity contribution is 0.101. The van der Waals surface area contributed by atoms with E-state index in [1.807, 2.05) is 30.5 Å². The number of rotatable bonds is 7. The van der Waals surface area contributed by atoms with Crippen LogP contribution in [0.2, 0.25) is 0 Å². The second kappa shape index (κ2) is 8.83. The largest absolute Gasteiger partial charge is 0.361 e. The predicted octanol–water partition coefficient (Wildman–Crippen LogP) is 4.50. The first kappa shape index (κ1) is 19.7. The number of nitrogens with one attached hydrogen (secondary N) is 1. The highest BCUT2D eigenvalue weighted by molar-refractivity contribution is 7.14. The summed E-state index contributed by atoms with van der Waals surface area (Å²) in [4.78, 5) is 20.6. The lowest BCUT2D eigenvalue weighted by Gasteiger charge is -2.09. The van der Waals surface area contributed by atoms with Gasteiger partial charge in [-0.25, -0.2) is 9.97 Å². The Balaban J connectivity index is 1.42. The minimum Gasteiger partial charge on any atom is -0.361 e. The Kier molecular flexibility index (Phi) is 5.80. The molecule has 0 fully saturated rings. The number of pyridine rings is 1. The van der Waals surface area contributed by atoms with Gasteiger partial charge in [-0.2, -0.15) is 4.39 Å². The van der Waals surface area contributed by atoms with Crippen molar-refractivity contribution in [3.63, 3.8) is 0 Å². The number of thiazole rings is 1. The molecule has 4 aromatic rings. The molecule has 1 N–H and O–H groups in total. The first-order valence-corrected chi connectivity index (χ1v) is 10.1. The highest BCUT2D eigenvalue weighted by Crippen LogP contribution is 2.19. The van der Waals surface area contributed by atoms with E-state index in [9.17, 15) is 9.18 Å². The number of amides is 1. The number of anilines is 1. The summed E-state index contributed by atoms with van der Waals surface area (Å²) < 4.78 is 20.2. The summed E-state index contributed by atoms with van der Waals surface area (Å²) in [5.41, 5.74) is 2.59. The lowest BCUT2D eigenvalue weighted by atomic mass is 10.2. The molecule has 0 atom stereocenters. The molecule has 0 aliphatic heterocycles. The van der Waals surface area contributed by atoms with Gasteiger partial charge in [-0.1, -0.05) is 12.1 Å². The van der Waals surface area contributed by atoms with Crippen LogP contribution < -0.4 is 5.32 Å². The van der Waals surface area contributed by atoms with Crippen molar-refractivity contribution in [1.29, 1.82) is 0 Å². The van der Waals surface area contributed by atoms with Crippen molar-refractivity contribution >= 4 is 34.5 Å². The zero-order valence-electron chi connectivity index (χ0n) is 16.1. The Bertz CT molecular complexity index is 1190. The molecule has 0 aromatic carbocycles. The van der Waals surface area contributed by atoms with Crippen LogP contribution in [0.3, 0.4) is 0 Å². The van der Waals surface area contributed by atoms with E-state index < -0.39 is 5.95 Å². The quantitative estimate of drug-likeness (QED) is 0.442. The topological polar surface area (TPSA) is 85.8 Å². The van der Waals surface area contributed by atoms with Crippen LogP contribution in [0, 0.1) is 5.95 Å². The summed E-state index contributed by atoms with van der Waals surface area (Å²) >= 11 is 1.33. The molecule has 152 valence electrons. The molecule has 0 saturated carbocycles. The van der Waals surface area contributed by atoms with Gasteiger partial charge in [0.05, 0.1) is 5.69 Å². The summed E-state index contributed by atoms with van der Waals surface area (Å²) in [5, 5.41) is 9.08. The van der Waals surface area contributed by atoms with Crippen molar-refractivity contribution in [3.8, 4) is 0 Å². The zero-order valence-corrected chi connectivity index (χ0v) is 16.9. The molecule has 0 saturated heterocycles. The number of aryl methyl sites for hydroxylation is 1. The Morgan fingerprint density at radius 3 is 2.97 bits per heavy atom. The van der Waals surface area contributed by atoms with Gasteiger partial charge in [0.15, 0.2) is 5.13 Å². The van der Waals surface area contributed by atoms with Crippen LogP contribution in [0.1, 0.15) is 40.1 Å². The molecule has 0 aliphatic rings. The van der Waals surface area contributed by atoms with Crippen molar-refractivity contribution in [1.82, 2.24) is 19.7 Å². The molecule has 1 amide bonds. The molecule has 7 nitrogen and oxygen atoms in total. The van der Waals surface area contributed by atoms with Gasteiger partial charge in [0, 0.05) is 36.8 Å². The average Bonchev–Trinajstić information content (AvgIpc) is 3.47. The molecular formula is C21H18FN5O2S. The molecule has 9 heteroatoms. The molecule has 0 unspecified atom stereocenters. The first-order valence-electron chi connectivity index (χ1n) is 9.27. The molecular weight excluding hydrogens is 405 g/mol. The molecule has 0 spiro atoms. The second-order valence-corrected chi connectivity index (χ2v) is 7.30. The van der Waals surface area contributed by atoms with E-state index >= 15 is 0 Å². The molecule has 0 aliphatic carbocycles. The third-order valence-corrected chi connectivity index (χ3v) is 5.07. The summed E-state index contributed by atoms with van der Waals surface area (Å²) in [6.45, 7) is 2.35. The van der Waals surface area contributed by atoms with Gasteiger partial charge in [-0.3, -0.25) is 10.1 Å². The Morgan fingerprint density at radius 2 is 2.17 bits per heavy atom. The van der Waals surface area contributed by atoms with Crippen molar-refractivity contribution in [2.75, 3.05) is 5.32 Å². The molecule has 0 bridgehead atoms. The molecule has 0 radical (unpaired) electrons. The number of carbonyl (C=O) groups is 1. The average molecular weight is 423 g/mol. The van der Waals surface area contributed by atoms with Gasteiger partial charge in [0.1, 0.15) is 17.1 Å². The van der Waals surface area contributed by atoms with E-state index in [4.69, 9.17) is 4.52 Å². The SMILES string of the molecule is CCc1cc(/C=C/c2csc(NC(=O)c3cccn3Cc3ccnc(F)c3)n2)no1. The minimum atomic E-state index is -0.550. The van der Waals surface area contributed by atoms with E-state index in [1.54, 1.807) is 29.0 Å². The Hall–Kier alpha value is -3.59. The van der Waals surface area contributed by atoms with Gasteiger partial charge in [-0.05, 0) is 42.0 Å². The number of aromatic nitrogens is 4. The lowest BCUT2D eigenvalue weighted by Crippen LogP contribution is -2.17. The van der Waals surface area contributed by atoms with Crippen molar-refractivity contribution < 1.29 is 13.7 Å². The number of hydrogen-bond acceptors (Lipinski definition) is 6. The maximum Gasteiger partial charge on any atom is 0.274 e. The predicted molar refractivity (Wildman–Crippen MR) is 113 cm³/mol. The van der Waals surface area contributed by atoms with Crippen molar-refractivity contribution in [3.05, 3.63) is 82.5 Å². The van der Waals surface area contributed by atoms with Crippen LogP contribution in [0.4, 0.5) is 9.52 Å². The summed E-state index contributed by atoms with van der Waals surface area (Å²) in [6.07, 6.45) is 7.57. The van der Waals surface area contributed by atoms with Crippen LogP contribution in [-0.4, -0.2) is 25.6 Å². The first-order chi connectivity index (χ1) is 14.6. The van der Waals surface area contributed by atoms with Gasteiger partial charge >= 0.3 is 0 Å². The van der Waals surface area contributed by atoms with E-state index in [1.165, 1.54) is 23.6 Å². The minimum absolute atomic E-state index is 0.288. The Morgan fingerprint density at radius 1 is 1.30 bits per heavy atom. The highest BCUT2D eigenvalue weighted by Gasteiger charge is 2.13. The van der Waals surface area contributed by atoms with Crippen LogP contribution in [0.15, 0.2) is 52.6 Å². The van der Waals surface area contributed by atoms with E-state index in [2.05, 4.69) is 20.4 Å². The van der Waals surface area contributed by atoms with Crippen LogP contribution in [-0.2, 0) is 13.0 Å². The molecule has 4 aromatic heterocycles. The summed E-state index contributed by atoms with van der Waals surface area (Å²) in [6, 6.07) is 8.40. The van der Waals surface area contributed by atoms with Crippen LogP contribution in [0.5, 0.6) is 0 Å². The fourth-order valence-corrected chi connectivity index (χ4v) is 3.50. The number of halogens is 1. The van der Waals surface area contributed by atoms with Gasteiger partial charge in [0.2, 0.25) is 5.95 Å².